The molecule has 0 spiro atoms. The van der Waals surface area contributed by atoms with Gasteiger partial charge >= 0.3 is 0 Å². The second-order valence-corrected chi connectivity index (χ2v) is 4.97. The van der Waals surface area contributed by atoms with Crippen LogP contribution in [0.1, 0.15) is 30.7 Å². The Balaban J connectivity index is 2.21. The molecule has 0 saturated heterocycles. The number of aromatic nitrogens is 1. The molecular weight excluding hydrogens is 232 g/mol. The second kappa shape index (κ2) is 4.49. The Hall–Kier alpha value is -0.610. The van der Waals surface area contributed by atoms with Crippen molar-refractivity contribution in [3.8, 4) is 0 Å². The lowest BCUT2D eigenvalue weighted by Crippen LogP contribution is -2.44. The number of alkyl halides is 1. The largest absolute Gasteiger partial charge is 0.343 e. The monoisotopic (exact) mass is 244 g/mol. The molecule has 1 aromatic rings. The van der Waals surface area contributed by atoms with Crippen LogP contribution in [0.4, 0.5) is 0 Å². The van der Waals surface area contributed by atoms with Crippen molar-refractivity contribution in [1.29, 1.82) is 0 Å². The van der Waals surface area contributed by atoms with Crippen molar-refractivity contribution >= 4 is 28.8 Å². The molecule has 0 atom stereocenters. The summed E-state index contributed by atoms with van der Waals surface area (Å²) in [5, 5.41) is 5.98. The van der Waals surface area contributed by atoms with E-state index >= 15 is 0 Å². The van der Waals surface area contributed by atoms with Gasteiger partial charge in [0.25, 0.3) is 0 Å². The molecule has 1 amide bonds. The Kier molecular flexibility index (Phi) is 3.26. The normalized spacial score (nSPS) is 19.0. The van der Waals surface area contributed by atoms with Crippen molar-refractivity contribution in [3.05, 3.63) is 16.6 Å². The van der Waals surface area contributed by atoms with Gasteiger partial charge in [0.15, 0.2) is 0 Å². The van der Waals surface area contributed by atoms with Crippen molar-refractivity contribution < 1.29 is 4.79 Å². The fourth-order valence-electron chi connectivity index (χ4n) is 2.13. The highest BCUT2D eigenvalue weighted by Gasteiger charge is 2.38. The summed E-state index contributed by atoms with van der Waals surface area (Å²) >= 11 is 7.13. The standard InChI is InChI=1S/C10H13ClN2OS/c11-7-8(14)13-10(3-1-2-4-10)9-12-5-6-15-9/h5-6H,1-4,7H2,(H,13,14). The van der Waals surface area contributed by atoms with Crippen LogP contribution in [-0.4, -0.2) is 16.8 Å². The molecule has 1 aromatic heterocycles. The van der Waals surface area contributed by atoms with Gasteiger partial charge < -0.3 is 5.32 Å². The molecule has 1 saturated carbocycles. The lowest BCUT2D eigenvalue weighted by Gasteiger charge is -2.27. The first-order chi connectivity index (χ1) is 7.27. The van der Waals surface area contributed by atoms with Gasteiger partial charge in [-0.15, -0.1) is 22.9 Å². The molecule has 1 N–H and O–H groups in total. The first-order valence-corrected chi connectivity index (χ1v) is 6.45. The zero-order chi connectivity index (χ0) is 10.7. The molecule has 1 aliphatic rings. The SMILES string of the molecule is O=C(CCl)NC1(c2nccs2)CCCC1. The van der Waals surface area contributed by atoms with Gasteiger partial charge in [0.05, 0.1) is 5.54 Å². The third kappa shape index (κ3) is 2.16. The van der Waals surface area contributed by atoms with E-state index in [-0.39, 0.29) is 17.3 Å². The van der Waals surface area contributed by atoms with Gasteiger partial charge in [-0.2, -0.15) is 0 Å². The van der Waals surface area contributed by atoms with Crippen molar-refractivity contribution in [2.24, 2.45) is 0 Å². The van der Waals surface area contributed by atoms with Crippen LogP contribution in [0.2, 0.25) is 0 Å². The number of hydrogen-bond acceptors (Lipinski definition) is 3. The fraction of sp³-hybridized carbons (Fsp3) is 0.600. The van der Waals surface area contributed by atoms with Crippen molar-refractivity contribution in [1.82, 2.24) is 10.3 Å². The number of halogens is 1. The van der Waals surface area contributed by atoms with Crippen LogP contribution in [-0.2, 0) is 10.3 Å². The molecule has 15 heavy (non-hydrogen) atoms. The quantitative estimate of drug-likeness (QED) is 0.829. The first-order valence-electron chi connectivity index (χ1n) is 5.04. The van der Waals surface area contributed by atoms with E-state index in [1.54, 1.807) is 17.5 Å². The van der Waals surface area contributed by atoms with Crippen LogP contribution in [0.5, 0.6) is 0 Å². The summed E-state index contributed by atoms with van der Waals surface area (Å²) in [6.45, 7) is 0. The highest BCUT2D eigenvalue weighted by atomic mass is 35.5. The fourth-order valence-corrected chi connectivity index (χ4v) is 3.05. The average molecular weight is 245 g/mol. The van der Waals surface area contributed by atoms with Crippen molar-refractivity contribution in [2.45, 2.75) is 31.2 Å². The molecule has 2 rings (SSSR count). The van der Waals surface area contributed by atoms with Crippen LogP contribution in [0, 0.1) is 0 Å². The van der Waals surface area contributed by atoms with E-state index in [0.717, 1.165) is 30.7 Å². The van der Waals surface area contributed by atoms with Crippen LogP contribution in [0.25, 0.3) is 0 Å². The Morgan fingerprint density at radius 3 is 2.87 bits per heavy atom. The van der Waals surface area contributed by atoms with Gasteiger partial charge in [-0.1, -0.05) is 12.8 Å². The number of carbonyl (C=O) groups is 1. The summed E-state index contributed by atoms with van der Waals surface area (Å²) in [7, 11) is 0. The molecule has 0 radical (unpaired) electrons. The average Bonchev–Trinajstić information content (AvgIpc) is 2.87. The lowest BCUT2D eigenvalue weighted by molar-refractivity contribution is -0.120. The maximum atomic E-state index is 11.4. The Morgan fingerprint density at radius 1 is 1.60 bits per heavy atom. The topological polar surface area (TPSA) is 42.0 Å². The number of thiazole rings is 1. The Morgan fingerprint density at radius 2 is 2.33 bits per heavy atom. The highest BCUT2D eigenvalue weighted by Crippen LogP contribution is 2.39. The van der Waals surface area contributed by atoms with E-state index in [0.29, 0.717) is 0 Å². The van der Waals surface area contributed by atoms with E-state index in [2.05, 4.69) is 10.3 Å². The zero-order valence-electron chi connectivity index (χ0n) is 8.33. The van der Waals surface area contributed by atoms with E-state index in [4.69, 9.17) is 11.6 Å². The summed E-state index contributed by atoms with van der Waals surface area (Å²) in [5.74, 6) is -0.0820. The number of amides is 1. The van der Waals surface area contributed by atoms with Gasteiger partial charge in [0, 0.05) is 11.6 Å². The Labute approximate surface area is 97.9 Å². The van der Waals surface area contributed by atoms with Gasteiger partial charge in [0.2, 0.25) is 5.91 Å². The van der Waals surface area contributed by atoms with E-state index in [1.165, 1.54) is 0 Å². The maximum Gasteiger partial charge on any atom is 0.235 e. The predicted molar refractivity (Wildman–Crippen MR) is 61.1 cm³/mol. The summed E-state index contributed by atoms with van der Waals surface area (Å²) in [6, 6.07) is 0. The minimum atomic E-state index is -0.236. The molecule has 0 aliphatic heterocycles. The first kappa shape index (κ1) is 10.9. The summed E-state index contributed by atoms with van der Waals surface area (Å²) in [5.41, 5.74) is -0.236. The van der Waals surface area contributed by atoms with E-state index in [9.17, 15) is 4.79 Å². The summed E-state index contributed by atoms with van der Waals surface area (Å²) in [6.07, 6.45) is 6.02. The van der Waals surface area contributed by atoms with Crippen LogP contribution < -0.4 is 5.32 Å². The number of nitrogens with one attached hydrogen (secondary N) is 1. The van der Waals surface area contributed by atoms with Crippen LogP contribution >= 0.6 is 22.9 Å². The second-order valence-electron chi connectivity index (χ2n) is 3.81. The van der Waals surface area contributed by atoms with Crippen molar-refractivity contribution in [2.75, 3.05) is 5.88 Å². The zero-order valence-corrected chi connectivity index (χ0v) is 9.90. The molecule has 0 aromatic carbocycles. The molecule has 3 nitrogen and oxygen atoms in total. The number of nitrogens with zero attached hydrogens (tertiary/aromatic N) is 1. The third-order valence-electron chi connectivity index (χ3n) is 2.80. The maximum absolute atomic E-state index is 11.4. The van der Waals surface area contributed by atoms with E-state index < -0.39 is 0 Å². The molecule has 82 valence electrons. The molecule has 1 aliphatic carbocycles. The molecule has 1 heterocycles. The molecular formula is C10H13ClN2OS. The minimum absolute atomic E-state index is 0.0210. The van der Waals surface area contributed by atoms with Crippen molar-refractivity contribution in [3.63, 3.8) is 0 Å². The van der Waals surface area contributed by atoms with Crippen LogP contribution in [0.15, 0.2) is 11.6 Å². The predicted octanol–water partition coefficient (Wildman–Crippen LogP) is 2.27. The minimum Gasteiger partial charge on any atom is -0.343 e. The van der Waals surface area contributed by atoms with Gasteiger partial charge in [0.1, 0.15) is 10.9 Å². The smallest absolute Gasteiger partial charge is 0.235 e. The van der Waals surface area contributed by atoms with Gasteiger partial charge in [-0.25, -0.2) is 4.98 Å². The molecule has 5 heteroatoms. The summed E-state index contributed by atoms with van der Waals surface area (Å²) < 4.78 is 0. The lowest BCUT2D eigenvalue weighted by atomic mass is 9.98. The molecule has 0 bridgehead atoms. The number of carbonyl (C=O) groups excluding carboxylic acids is 1. The molecule has 1 fully saturated rings. The molecule has 0 unspecified atom stereocenters. The highest BCUT2D eigenvalue weighted by molar-refractivity contribution is 7.09. The van der Waals surface area contributed by atoms with Gasteiger partial charge in [-0.05, 0) is 12.8 Å². The van der Waals surface area contributed by atoms with E-state index in [1.807, 2.05) is 5.38 Å². The summed E-state index contributed by atoms with van der Waals surface area (Å²) in [4.78, 5) is 15.7. The third-order valence-corrected chi connectivity index (χ3v) is 4.02. The Bertz CT molecular complexity index is 333. The number of rotatable bonds is 3. The van der Waals surface area contributed by atoms with Gasteiger partial charge in [-0.3, -0.25) is 4.79 Å². The van der Waals surface area contributed by atoms with Crippen LogP contribution in [0.3, 0.4) is 0 Å². The number of hydrogen-bond donors (Lipinski definition) is 1.